The fraction of sp³-hybridized carbons (Fsp3) is 0.667. The highest BCUT2D eigenvalue weighted by atomic mass is 16.5. The van der Waals surface area contributed by atoms with E-state index < -0.39 is 0 Å². The number of nitrogens with one attached hydrogen (secondary N) is 2. The highest BCUT2D eigenvalue weighted by Crippen LogP contribution is 2.22. The van der Waals surface area contributed by atoms with Crippen LogP contribution in [-0.4, -0.2) is 59.4 Å². The minimum atomic E-state index is -0.234. The summed E-state index contributed by atoms with van der Waals surface area (Å²) in [5.74, 6) is -0.234. The monoisotopic (exact) mass is 265 g/mol. The number of nitrogen functional groups attached to an aromatic ring is 1. The SMILES string of the molecule is Nc1cn[nH]c1C(=O)NCC1CN2CCCC2CO1. The van der Waals surface area contributed by atoms with E-state index in [1.54, 1.807) is 0 Å². The molecule has 2 aliphatic rings. The van der Waals surface area contributed by atoms with Crippen LogP contribution in [0, 0.1) is 0 Å². The first-order chi connectivity index (χ1) is 9.24. The van der Waals surface area contributed by atoms with E-state index in [0.29, 0.717) is 24.0 Å². The van der Waals surface area contributed by atoms with Crippen molar-refractivity contribution < 1.29 is 9.53 Å². The van der Waals surface area contributed by atoms with Crippen LogP contribution in [0.4, 0.5) is 5.69 Å². The Bertz CT molecular complexity index is 461. The summed E-state index contributed by atoms with van der Waals surface area (Å²) < 4.78 is 5.78. The van der Waals surface area contributed by atoms with Crippen LogP contribution in [0.5, 0.6) is 0 Å². The van der Waals surface area contributed by atoms with Gasteiger partial charge in [-0.1, -0.05) is 0 Å². The van der Waals surface area contributed by atoms with Gasteiger partial charge in [0.25, 0.3) is 5.91 Å². The number of anilines is 1. The predicted octanol–water partition coefficient (Wildman–Crippen LogP) is -0.415. The Hall–Kier alpha value is -1.60. The van der Waals surface area contributed by atoms with Crippen molar-refractivity contribution >= 4 is 11.6 Å². The molecule has 0 bridgehead atoms. The maximum Gasteiger partial charge on any atom is 0.271 e. The number of amides is 1. The van der Waals surface area contributed by atoms with Gasteiger partial charge < -0.3 is 15.8 Å². The van der Waals surface area contributed by atoms with Crippen LogP contribution in [0.1, 0.15) is 23.3 Å². The van der Waals surface area contributed by atoms with Gasteiger partial charge in [-0.15, -0.1) is 0 Å². The second kappa shape index (κ2) is 5.18. The van der Waals surface area contributed by atoms with Crippen molar-refractivity contribution in [2.45, 2.75) is 25.0 Å². The number of fused-ring (bicyclic) bond motifs is 1. The third-order valence-corrected chi connectivity index (χ3v) is 3.85. The summed E-state index contributed by atoms with van der Waals surface area (Å²) in [5, 5.41) is 9.16. The average Bonchev–Trinajstić information content (AvgIpc) is 3.03. The van der Waals surface area contributed by atoms with Gasteiger partial charge in [0.15, 0.2) is 0 Å². The van der Waals surface area contributed by atoms with E-state index in [2.05, 4.69) is 20.4 Å². The smallest absolute Gasteiger partial charge is 0.271 e. The number of H-pyrrole nitrogens is 1. The molecule has 2 atom stereocenters. The molecular weight excluding hydrogens is 246 g/mol. The van der Waals surface area contributed by atoms with Gasteiger partial charge in [0.05, 0.1) is 24.6 Å². The lowest BCUT2D eigenvalue weighted by molar-refractivity contribution is -0.0462. The van der Waals surface area contributed by atoms with Crippen LogP contribution < -0.4 is 11.1 Å². The van der Waals surface area contributed by atoms with Gasteiger partial charge in [-0.25, -0.2) is 0 Å². The van der Waals surface area contributed by atoms with E-state index >= 15 is 0 Å². The highest BCUT2D eigenvalue weighted by Gasteiger charge is 2.32. The van der Waals surface area contributed by atoms with Crippen molar-refractivity contribution in [2.24, 2.45) is 0 Å². The quantitative estimate of drug-likeness (QED) is 0.690. The lowest BCUT2D eigenvalue weighted by Gasteiger charge is -2.35. The summed E-state index contributed by atoms with van der Waals surface area (Å²) in [6.07, 6.45) is 3.96. The number of nitrogens with zero attached hydrogens (tertiary/aromatic N) is 2. The fourth-order valence-electron chi connectivity index (χ4n) is 2.78. The number of hydrogen-bond donors (Lipinski definition) is 3. The van der Waals surface area contributed by atoms with Crippen molar-refractivity contribution in [1.29, 1.82) is 0 Å². The predicted molar refractivity (Wildman–Crippen MR) is 69.7 cm³/mol. The summed E-state index contributed by atoms with van der Waals surface area (Å²) in [6, 6.07) is 0.579. The summed E-state index contributed by atoms with van der Waals surface area (Å²) in [5.41, 5.74) is 6.30. The third kappa shape index (κ3) is 2.57. The second-order valence-corrected chi connectivity index (χ2v) is 5.16. The number of ether oxygens (including phenoxy) is 1. The number of aromatic nitrogens is 2. The molecule has 104 valence electrons. The lowest BCUT2D eigenvalue weighted by Crippen LogP contribution is -2.50. The Morgan fingerprint density at radius 3 is 3.37 bits per heavy atom. The number of rotatable bonds is 3. The van der Waals surface area contributed by atoms with Crippen molar-refractivity contribution in [3.8, 4) is 0 Å². The van der Waals surface area contributed by atoms with Crippen LogP contribution >= 0.6 is 0 Å². The maximum atomic E-state index is 11.9. The summed E-state index contributed by atoms with van der Waals surface area (Å²) in [7, 11) is 0. The van der Waals surface area contributed by atoms with Crippen molar-refractivity contribution in [2.75, 3.05) is 32.0 Å². The largest absolute Gasteiger partial charge is 0.396 e. The molecule has 1 amide bonds. The van der Waals surface area contributed by atoms with Crippen LogP contribution in [0.15, 0.2) is 6.20 Å². The molecule has 1 aromatic rings. The van der Waals surface area contributed by atoms with Gasteiger partial charge in [0.1, 0.15) is 5.69 Å². The third-order valence-electron chi connectivity index (χ3n) is 3.85. The molecule has 3 rings (SSSR count). The standard InChI is InChI=1S/C12H19N5O2/c13-10-5-15-16-11(10)12(18)14-4-9-6-17-3-1-2-8(17)7-19-9/h5,8-9H,1-4,6-7,13H2,(H,14,18)(H,15,16). The molecular formula is C12H19N5O2. The Balaban J connectivity index is 1.50. The zero-order valence-corrected chi connectivity index (χ0v) is 10.8. The van der Waals surface area contributed by atoms with Gasteiger partial charge >= 0.3 is 0 Å². The van der Waals surface area contributed by atoms with Gasteiger partial charge in [-0.3, -0.25) is 14.8 Å². The highest BCUT2D eigenvalue weighted by molar-refractivity contribution is 5.96. The van der Waals surface area contributed by atoms with Crippen LogP contribution in [0.25, 0.3) is 0 Å². The normalized spacial score (nSPS) is 27.2. The molecule has 2 saturated heterocycles. The summed E-state index contributed by atoms with van der Waals surface area (Å²) in [6.45, 7) is 3.31. The molecule has 4 N–H and O–H groups in total. The molecule has 0 saturated carbocycles. The fourth-order valence-corrected chi connectivity index (χ4v) is 2.78. The first-order valence-electron chi connectivity index (χ1n) is 6.66. The number of carbonyl (C=O) groups excluding carboxylic acids is 1. The molecule has 19 heavy (non-hydrogen) atoms. The van der Waals surface area contributed by atoms with E-state index in [-0.39, 0.29) is 12.0 Å². The molecule has 7 nitrogen and oxygen atoms in total. The number of nitrogens with two attached hydrogens (primary N) is 1. The molecule has 0 spiro atoms. The van der Waals surface area contributed by atoms with Crippen molar-refractivity contribution in [3.63, 3.8) is 0 Å². The zero-order valence-electron chi connectivity index (χ0n) is 10.8. The second-order valence-electron chi connectivity index (χ2n) is 5.16. The summed E-state index contributed by atoms with van der Waals surface area (Å²) >= 11 is 0. The average molecular weight is 265 g/mol. The Labute approximate surface area is 111 Å². The van der Waals surface area contributed by atoms with Crippen LogP contribution in [-0.2, 0) is 4.74 Å². The molecule has 0 aliphatic carbocycles. The van der Waals surface area contributed by atoms with Gasteiger partial charge in [0, 0.05) is 19.1 Å². The zero-order chi connectivity index (χ0) is 13.2. The number of hydrogen-bond acceptors (Lipinski definition) is 5. The molecule has 3 heterocycles. The number of morpholine rings is 1. The number of carbonyl (C=O) groups is 1. The minimum Gasteiger partial charge on any atom is -0.396 e. The first kappa shape index (κ1) is 12.4. The molecule has 0 aromatic carbocycles. The maximum absolute atomic E-state index is 11.9. The first-order valence-corrected chi connectivity index (χ1v) is 6.66. The molecule has 0 radical (unpaired) electrons. The van der Waals surface area contributed by atoms with Crippen LogP contribution in [0.3, 0.4) is 0 Å². The Kier molecular flexibility index (Phi) is 3.39. The van der Waals surface area contributed by atoms with Crippen LogP contribution in [0.2, 0.25) is 0 Å². The Morgan fingerprint density at radius 1 is 1.68 bits per heavy atom. The molecule has 2 aliphatic heterocycles. The molecule has 7 heteroatoms. The minimum absolute atomic E-state index is 0.0578. The number of aromatic amines is 1. The topological polar surface area (TPSA) is 96.3 Å². The molecule has 2 unspecified atom stereocenters. The van der Waals surface area contributed by atoms with Crippen molar-refractivity contribution in [1.82, 2.24) is 20.4 Å². The van der Waals surface area contributed by atoms with E-state index in [4.69, 9.17) is 10.5 Å². The summed E-state index contributed by atoms with van der Waals surface area (Å²) in [4.78, 5) is 14.3. The van der Waals surface area contributed by atoms with Gasteiger partial charge in [-0.05, 0) is 19.4 Å². The lowest BCUT2D eigenvalue weighted by atomic mass is 10.2. The molecule has 1 aromatic heterocycles. The van der Waals surface area contributed by atoms with E-state index in [0.717, 1.165) is 19.7 Å². The van der Waals surface area contributed by atoms with Crippen molar-refractivity contribution in [3.05, 3.63) is 11.9 Å². The van der Waals surface area contributed by atoms with Gasteiger partial charge in [-0.2, -0.15) is 5.10 Å². The van der Waals surface area contributed by atoms with E-state index in [9.17, 15) is 4.79 Å². The molecule has 2 fully saturated rings. The van der Waals surface area contributed by atoms with Gasteiger partial charge in [0.2, 0.25) is 0 Å². The Morgan fingerprint density at radius 2 is 2.58 bits per heavy atom. The van der Waals surface area contributed by atoms with E-state index in [1.807, 2.05) is 0 Å². The van der Waals surface area contributed by atoms with E-state index in [1.165, 1.54) is 19.0 Å².